The summed E-state index contributed by atoms with van der Waals surface area (Å²) in [5.41, 5.74) is 1.09. The molecule has 5 heteroatoms. The van der Waals surface area contributed by atoms with Crippen molar-refractivity contribution in [2.45, 2.75) is 26.7 Å². The van der Waals surface area contributed by atoms with E-state index in [1.54, 1.807) is 24.8 Å². The minimum absolute atomic E-state index is 0.136. The molecule has 0 atom stereocenters. The van der Waals surface area contributed by atoms with Gasteiger partial charge in [0.15, 0.2) is 0 Å². The Bertz CT molecular complexity index is 516. The van der Waals surface area contributed by atoms with Gasteiger partial charge in [-0.1, -0.05) is 0 Å². The lowest BCUT2D eigenvalue weighted by Crippen LogP contribution is -2.40. The summed E-state index contributed by atoms with van der Waals surface area (Å²) in [4.78, 5) is 25.7. The third-order valence-corrected chi connectivity index (χ3v) is 3.69. The predicted octanol–water partition coefficient (Wildman–Crippen LogP) is 2.55. The smallest absolute Gasteiger partial charge is 0.309 e. The Morgan fingerprint density at radius 3 is 2.52 bits per heavy atom. The van der Waals surface area contributed by atoms with Crippen LogP contribution < -0.4 is 0 Å². The number of amides is 1. The van der Waals surface area contributed by atoms with Gasteiger partial charge in [0.2, 0.25) is 0 Å². The molecule has 1 amide bonds. The van der Waals surface area contributed by atoms with E-state index in [0.717, 1.165) is 5.56 Å². The van der Waals surface area contributed by atoms with Crippen LogP contribution in [0.1, 0.15) is 35.7 Å². The van der Waals surface area contributed by atoms with Crippen molar-refractivity contribution in [3.8, 4) is 0 Å². The van der Waals surface area contributed by atoms with Crippen molar-refractivity contribution in [1.82, 2.24) is 4.90 Å². The predicted molar refractivity (Wildman–Crippen MR) is 76.4 cm³/mol. The zero-order valence-corrected chi connectivity index (χ0v) is 12.4. The van der Waals surface area contributed by atoms with E-state index in [9.17, 15) is 14.0 Å². The fourth-order valence-electron chi connectivity index (χ4n) is 2.62. The zero-order valence-electron chi connectivity index (χ0n) is 12.4. The number of aryl methyl sites for hydroxylation is 1. The normalized spacial score (nSPS) is 15.9. The summed E-state index contributed by atoms with van der Waals surface area (Å²) in [6.07, 6.45) is 1.19. The average Bonchev–Trinajstić information content (AvgIpc) is 2.46. The fraction of sp³-hybridized carbons (Fsp3) is 0.500. The number of likely N-dealkylation sites (tertiary alicyclic amines) is 1. The van der Waals surface area contributed by atoms with Gasteiger partial charge in [-0.25, -0.2) is 4.39 Å². The molecular formula is C16H20FNO3. The molecule has 0 unspecified atom stereocenters. The van der Waals surface area contributed by atoms with Crippen molar-refractivity contribution in [3.63, 3.8) is 0 Å². The maximum absolute atomic E-state index is 13.4. The molecule has 0 saturated carbocycles. The van der Waals surface area contributed by atoms with Crippen LogP contribution in [0, 0.1) is 18.7 Å². The average molecular weight is 293 g/mol. The quantitative estimate of drug-likeness (QED) is 0.805. The lowest BCUT2D eigenvalue weighted by Gasteiger charge is -2.31. The Hall–Kier alpha value is -1.91. The van der Waals surface area contributed by atoms with Crippen molar-refractivity contribution in [3.05, 3.63) is 35.1 Å². The first kappa shape index (κ1) is 15.5. The molecule has 1 heterocycles. The number of nitrogens with zero attached hydrogens (tertiary/aromatic N) is 1. The number of piperidine rings is 1. The second-order valence-electron chi connectivity index (χ2n) is 5.34. The van der Waals surface area contributed by atoms with Crippen molar-refractivity contribution < 1.29 is 18.7 Å². The molecule has 2 rings (SSSR count). The highest BCUT2D eigenvalue weighted by molar-refractivity contribution is 5.94. The van der Waals surface area contributed by atoms with Crippen molar-refractivity contribution in [1.29, 1.82) is 0 Å². The number of halogens is 1. The highest BCUT2D eigenvalue weighted by Crippen LogP contribution is 2.21. The van der Waals surface area contributed by atoms with Crippen molar-refractivity contribution >= 4 is 11.9 Å². The van der Waals surface area contributed by atoms with Gasteiger partial charge in [0.05, 0.1) is 12.5 Å². The Morgan fingerprint density at radius 2 is 1.95 bits per heavy atom. The largest absolute Gasteiger partial charge is 0.466 e. The molecule has 1 saturated heterocycles. The second kappa shape index (κ2) is 6.70. The number of rotatable bonds is 3. The first-order valence-electron chi connectivity index (χ1n) is 7.24. The first-order valence-corrected chi connectivity index (χ1v) is 7.24. The van der Waals surface area contributed by atoms with Crippen LogP contribution in [0.4, 0.5) is 4.39 Å². The van der Waals surface area contributed by atoms with Crippen LogP contribution in [0.2, 0.25) is 0 Å². The van der Waals surface area contributed by atoms with Crippen LogP contribution in [0.15, 0.2) is 18.2 Å². The number of carbonyl (C=O) groups is 2. The summed E-state index contributed by atoms with van der Waals surface area (Å²) >= 11 is 0. The number of hydrogen-bond donors (Lipinski definition) is 0. The van der Waals surface area contributed by atoms with Crippen LogP contribution in [0.3, 0.4) is 0 Å². The number of ether oxygens (including phenoxy) is 1. The van der Waals surface area contributed by atoms with Crippen LogP contribution in [0.25, 0.3) is 0 Å². The van der Waals surface area contributed by atoms with Gasteiger partial charge < -0.3 is 9.64 Å². The van der Waals surface area contributed by atoms with E-state index in [4.69, 9.17) is 4.74 Å². The third kappa shape index (κ3) is 3.80. The number of carbonyl (C=O) groups excluding carboxylic acids is 2. The van der Waals surface area contributed by atoms with Gasteiger partial charge in [0.1, 0.15) is 5.82 Å². The molecular weight excluding hydrogens is 273 g/mol. The van der Waals surface area contributed by atoms with Gasteiger partial charge in [0.25, 0.3) is 5.91 Å². The molecule has 21 heavy (non-hydrogen) atoms. The number of esters is 1. The summed E-state index contributed by atoms with van der Waals surface area (Å²) in [5, 5.41) is 0. The van der Waals surface area contributed by atoms with Crippen molar-refractivity contribution in [2.24, 2.45) is 5.92 Å². The molecule has 114 valence electrons. The Morgan fingerprint density at radius 1 is 1.29 bits per heavy atom. The molecule has 0 bridgehead atoms. The molecule has 4 nitrogen and oxygen atoms in total. The minimum Gasteiger partial charge on any atom is -0.466 e. The maximum Gasteiger partial charge on any atom is 0.309 e. The van der Waals surface area contributed by atoms with Crippen LogP contribution >= 0.6 is 0 Å². The SMILES string of the molecule is CCOC(=O)C1CCN(C(=O)c2cc(C)cc(F)c2)CC1. The van der Waals surface area contributed by atoms with E-state index in [-0.39, 0.29) is 17.8 Å². The Kier molecular flexibility index (Phi) is 4.94. The molecule has 0 spiro atoms. The topological polar surface area (TPSA) is 46.6 Å². The first-order chi connectivity index (χ1) is 10.0. The lowest BCUT2D eigenvalue weighted by molar-refractivity contribution is -0.149. The summed E-state index contributed by atoms with van der Waals surface area (Å²) in [5.74, 6) is -0.908. The lowest BCUT2D eigenvalue weighted by atomic mass is 9.96. The van der Waals surface area contributed by atoms with Crippen LogP contribution in [-0.2, 0) is 9.53 Å². The minimum atomic E-state index is -0.403. The van der Waals surface area contributed by atoms with E-state index < -0.39 is 5.82 Å². The van der Waals surface area contributed by atoms with Gasteiger partial charge in [-0.15, -0.1) is 0 Å². The van der Waals surface area contributed by atoms with Gasteiger partial charge in [0, 0.05) is 18.7 Å². The van der Waals surface area contributed by atoms with Gasteiger partial charge in [-0.2, -0.15) is 0 Å². The summed E-state index contributed by atoms with van der Waals surface area (Å²) in [7, 11) is 0. The Balaban J connectivity index is 1.98. The van der Waals surface area contributed by atoms with Crippen LogP contribution in [-0.4, -0.2) is 36.5 Å². The van der Waals surface area contributed by atoms with E-state index in [1.165, 1.54) is 12.1 Å². The number of hydrogen-bond acceptors (Lipinski definition) is 3. The standard InChI is InChI=1S/C16H20FNO3/c1-3-21-16(20)12-4-6-18(7-5-12)15(19)13-8-11(2)9-14(17)10-13/h8-10,12H,3-7H2,1-2H3. The molecule has 0 aromatic heterocycles. The molecule has 1 aromatic carbocycles. The molecule has 0 N–H and O–H groups in total. The molecule has 1 aliphatic heterocycles. The third-order valence-electron chi connectivity index (χ3n) is 3.69. The summed E-state index contributed by atoms with van der Waals surface area (Å²) < 4.78 is 18.4. The molecule has 1 aromatic rings. The Labute approximate surface area is 123 Å². The van der Waals surface area contributed by atoms with Gasteiger partial charge in [-0.3, -0.25) is 9.59 Å². The van der Waals surface area contributed by atoms with E-state index in [0.29, 0.717) is 38.1 Å². The molecule has 0 radical (unpaired) electrons. The van der Waals surface area contributed by atoms with Crippen molar-refractivity contribution in [2.75, 3.05) is 19.7 Å². The molecule has 0 aliphatic carbocycles. The summed E-state index contributed by atoms with van der Waals surface area (Å²) in [6.45, 7) is 4.91. The van der Waals surface area contributed by atoms with Crippen LogP contribution in [0.5, 0.6) is 0 Å². The van der Waals surface area contributed by atoms with E-state index in [1.807, 2.05) is 0 Å². The summed E-state index contributed by atoms with van der Waals surface area (Å²) in [6, 6.07) is 4.33. The van der Waals surface area contributed by atoms with Gasteiger partial charge >= 0.3 is 5.97 Å². The fourth-order valence-corrected chi connectivity index (χ4v) is 2.62. The highest BCUT2D eigenvalue weighted by Gasteiger charge is 2.28. The number of benzene rings is 1. The maximum atomic E-state index is 13.4. The second-order valence-corrected chi connectivity index (χ2v) is 5.34. The molecule has 1 fully saturated rings. The van der Waals surface area contributed by atoms with E-state index >= 15 is 0 Å². The monoisotopic (exact) mass is 293 g/mol. The van der Waals surface area contributed by atoms with Gasteiger partial charge in [-0.05, 0) is 50.5 Å². The zero-order chi connectivity index (χ0) is 15.4. The van der Waals surface area contributed by atoms with E-state index in [2.05, 4.69) is 0 Å². The molecule has 1 aliphatic rings. The highest BCUT2D eigenvalue weighted by atomic mass is 19.1.